The van der Waals surface area contributed by atoms with Gasteiger partial charge in [0.2, 0.25) is 0 Å². The summed E-state index contributed by atoms with van der Waals surface area (Å²) in [6, 6.07) is 0. The number of rotatable bonds is 2. The van der Waals surface area contributed by atoms with Gasteiger partial charge in [0.25, 0.3) is 0 Å². The first kappa shape index (κ1) is 19.6. The maximum atomic E-state index is 2.18. The molecular formula is C14H34. The molecule has 1 aliphatic rings. The topological polar surface area (TPSA) is 0 Å². The summed E-state index contributed by atoms with van der Waals surface area (Å²) in [6.07, 6.45) is 11.3. The van der Waals surface area contributed by atoms with Gasteiger partial charge in [0.15, 0.2) is 0 Å². The van der Waals surface area contributed by atoms with Gasteiger partial charge in [0, 0.05) is 0 Å². The Morgan fingerprint density at radius 1 is 0.500 bits per heavy atom. The third kappa shape index (κ3) is 40.3. The highest BCUT2D eigenvalue weighted by Crippen LogP contribution is 2.15. The normalized spacial score (nSPS) is 11.6. The zero-order valence-corrected chi connectivity index (χ0v) is 11.7. The molecule has 0 heteroatoms. The van der Waals surface area contributed by atoms with Crippen molar-refractivity contribution in [2.24, 2.45) is 0 Å². The van der Waals surface area contributed by atoms with Gasteiger partial charge >= 0.3 is 0 Å². The summed E-state index contributed by atoms with van der Waals surface area (Å²) in [6.45, 7) is 12.7. The third-order valence-corrected chi connectivity index (χ3v) is 2.00. The second kappa shape index (κ2) is 29.2. The minimum atomic E-state index is 1.32. The molecule has 0 unspecified atom stereocenters. The molecule has 0 saturated heterocycles. The highest BCUT2D eigenvalue weighted by Gasteiger charge is 1.95. The molecule has 0 atom stereocenters. The van der Waals surface area contributed by atoms with Crippen LogP contribution in [0, 0.1) is 0 Å². The van der Waals surface area contributed by atoms with Crippen LogP contribution in [0.25, 0.3) is 0 Å². The van der Waals surface area contributed by atoms with Crippen molar-refractivity contribution in [3.63, 3.8) is 0 Å². The molecule has 0 bridgehead atoms. The highest BCUT2D eigenvalue weighted by atomic mass is 14.0. The maximum absolute atomic E-state index is 2.18. The molecule has 0 aromatic carbocycles. The smallest absolute Gasteiger partial charge is 0.0533 e. The van der Waals surface area contributed by atoms with Crippen molar-refractivity contribution < 1.29 is 0 Å². The molecular weight excluding hydrogens is 168 g/mol. The molecule has 14 heavy (non-hydrogen) atoms. The monoisotopic (exact) mass is 202 g/mol. The Balaban J connectivity index is -0.000000119. The minimum absolute atomic E-state index is 1.32. The van der Waals surface area contributed by atoms with Gasteiger partial charge in [0.05, 0.1) is 0 Å². The van der Waals surface area contributed by atoms with Crippen LogP contribution in [0.2, 0.25) is 0 Å². The molecule has 0 aromatic heterocycles. The molecule has 90 valence electrons. The van der Waals surface area contributed by atoms with E-state index < -0.39 is 0 Å². The number of hydrogen-bond donors (Lipinski definition) is 0. The van der Waals surface area contributed by atoms with E-state index >= 15 is 0 Å². The quantitative estimate of drug-likeness (QED) is 0.500. The van der Waals surface area contributed by atoms with E-state index in [0.29, 0.717) is 0 Å². The fraction of sp³-hybridized carbons (Fsp3) is 1.00. The number of unbranched alkanes of at least 4 members (excludes halogenated alkanes) is 2. The van der Waals surface area contributed by atoms with Crippen molar-refractivity contribution in [2.75, 3.05) is 0 Å². The zero-order chi connectivity index (χ0) is 11.7. The molecule has 1 fully saturated rings. The van der Waals surface area contributed by atoms with Crippen molar-refractivity contribution in [3.05, 3.63) is 0 Å². The first-order valence-electron chi connectivity index (χ1n) is 6.83. The Labute approximate surface area is 93.5 Å². The number of hydrogen-bond acceptors (Lipinski definition) is 0. The average Bonchev–Trinajstić information content (AvgIpc) is 2.18. The molecule has 0 N–H and O–H groups in total. The molecule has 0 amide bonds. The summed E-state index contributed by atoms with van der Waals surface area (Å²) < 4.78 is 0. The van der Waals surface area contributed by atoms with Crippen LogP contribution in [0.15, 0.2) is 0 Å². The summed E-state index contributed by atoms with van der Waals surface area (Å²) >= 11 is 0. The molecule has 0 aliphatic heterocycles. The molecule has 1 aliphatic carbocycles. The Morgan fingerprint density at radius 2 is 0.643 bits per heavy atom. The van der Waals surface area contributed by atoms with E-state index in [1.54, 1.807) is 0 Å². The van der Waals surface area contributed by atoms with Crippen LogP contribution in [-0.4, -0.2) is 0 Å². The summed E-state index contributed by atoms with van der Waals surface area (Å²) in [5.41, 5.74) is 0. The van der Waals surface area contributed by atoms with E-state index in [9.17, 15) is 0 Å². The fourth-order valence-electron chi connectivity index (χ4n) is 0.250. The second-order valence-electron chi connectivity index (χ2n) is 3.41. The Morgan fingerprint density at radius 3 is 0.643 bits per heavy atom. The van der Waals surface area contributed by atoms with Gasteiger partial charge in [-0.3, -0.25) is 0 Å². The molecule has 0 aromatic rings. The lowest BCUT2D eigenvalue weighted by Gasteiger charge is -2.05. The van der Waals surface area contributed by atoms with Crippen LogP contribution >= 0.6 is 0 Å². The lowest BCUT2D eigenvalue weighted by Crippen LogP contribution is -1.85. The van der Waals surface area contributed by atoms with Crippen molar-refractivity contribution in [2.45, 2.75) is 92.9 Å². The average molecular weight is 202 g/mol. The first-order valence-corrected chi connectivity index (χ1v) is 6.83. The predicted molar refractivity (Wildman–Crippen MR) is 71.0 cm³/mol. The molecule has 0 heterocycles. The van der Waals surface area contributed by atoms with E-state index in [-0.39, 0.29) is 0 Å². The van der Waals surface area contributed by atoms with Crippen LogP contribution < -0.4 is 0 Å². The van der Waals surface area contributed by atoms with E-state index in [0.717, 1.165) is 0 Å². The van der Waals surface area contributed by atoms with Crippen LogP contribution in [0.4, 0.5) is 0 Å². The zero-order valence-electron chi connectivity index (χ0n) is 11.7. The lowest BCUT2D eigenvalue weighted by atomic mass is 10.0. The van der Waals surface area contributed by atoms with E-state index in [4.69, 9.17) is 0 Å². The first-order chi connectivity index (χ1) is 6.83. The van der Waals surface area contributed by atoms with Gasteiger partial charge < -0.3 is 0 Å². The summed E-state index contributed by atoms with van der Waals surface area (Å²) in [5.74, 6) is 0. The van der Waals surface area contributed by atoms with Gasteiger partial charge in [-0.25, -0.2) is 0 Å². The summed E-state index contributed by atoms with van der Waals surface area (Å²) in [5, 5.41) is 0. The standard InChI is InChI=1S/C4H8.2C4H10.C2H6/c1-2-4-3-1;2*1-3-4-2;1-2/h1-4H2;2*3-4H2,1-2H3;1-2H3. The summed E-state index contributed by atoms with van der Waals surface area (Å²) in [7, 11) is 0. The largest absolute Gasteiger partial charge is 0.0683 e. The third-order valence-electron chi connectivity index (χ3n) is 2.00. The van der Waals surface area contributed by atoms with Crippen molar-refractivity contribution in [1.82, 2.24) is 0 Å². The second-order valence-corrected chi connectivity index (χ2v) is 3.41. The van der Waals surface area contributed by atoms with Crippen LogP contribution in [0.3, 0.4) is 0 Å². The van der Waals surface area contributed by atoms with Crippen molar-refractivity contribution >= 4 is 0 Å². The van der Waals surface area contributed by atoms with E-state index in [1.165, 1.54) is 51.4 Å². The van der Waals surface area contributed by atoms with Gasteiger partial charge in [-0.15, -0.1) is 0 Å². The SMILES string of the molecule is C1CCC1.CC.CCCC.CCCC. The summed E-state index contributed by atoms with van der Waals surface area (Å²) in [4.78, 5) is 0. The van der Waals surface area contributed by atoms with Gasteiger partial charge in [0.1, 0.15) is 0 Å². The molecule has 0 spiro atoms. The molecule has 1 saturated carbocycles. The van der Waals surface area contributed by atoms with Gasteiger partial charge in [-0.05, 0) is 0 Å². The predicted octanol–water partition coefficient (Wildman–Crippen LogP) is 6.20. The Bertz CT molecular complexity index is 32.0. The molecule has 1 rings (SSSR count). The maximum Gasteiger partial charge on any atom is -0.0533 e. The van der Waals surface area contributed by atoms with Gasteiger partial charge in [-0.2, -0.15) is 0 Å². The lowest BCUT2D eigenvalue weighted by molar-refractivity contribution is 0.504. The van der Waals surface area contributed by atoms with Crippen LogP contribution in [0.5, 0.6) is 0 Å². The van der Waals surface area contributed by atoms with Gasteiger partial charge in [-0.1, -0.05) is 92.9 Å². The van der Waals surface area contributed by atoms with Crippen molar-refractivity contribution in [1.29, 1.82) is 0 Å². The Hall–Kier alpha value is 0. The fourth-order valence-corrected chi connectivity index (χ4v) is 0.250. The Kier molecular flexibility index (Phi) is 40.9. The van der Waals surface area contributed by atoms with E-state index in [1.807, 2.05) is 13.8 Å². The molecule has 0 nitrogen and oxygen atoms in total. The van der Waals surface area contributed by atoms with Crippen molar-refractivity contribution in [3.8, 4) is 0 Å². The minimum Gasteiger partial charge on any atom is -0.0683 e. The molecule has 0 radical (unpaired) electrons. The highest BCUT2D eigenvalue weighted by molar-refractivity contribution is 4.50. The van der Waals surface area contributed by atoms with Crippen LogP contribution in [-0.2, 0) is 0 Å². The van der Waals surface area contributed by atoms with Crippen LogP contribution in [0.1, 0.15) is 92.9 Å². The van der Waals surface area contributed by atoms with E-state index in [2.05, 4.69) is 27.7 Å².